The molecule has 0 spiro atoms. The Morgan fingerprint density at radius 2 is 1.25 bits per heavy atom. The molecule has 0 radical (unpaired) electrons. The zero-order valence-electron chi connectivity index (χ0n) is 12.6. The van der Waals surface area contributed by atoms with Gasteiger partial charge < -0.3 is 0 Å². The Morgan fingerprint density at radius 1 is 0.700 bits per heavy atom. The fraction of sp³-hybridized carbons (Fsp3) is 1.00. The molecule has 3 aliphatic rings. The van der Waals surface area contributed by atoms with Crippen LogP contribution >= 0.6 is 0 Å². The third kappa shape index (κ3) is 3.56. The highest BCUT2D eigenvalue weighted by Crippen LogP contribution is 2.39. The maximum Gasteiger partial charge on any atom is 0.152 e. The van der Waals surface area contributed by atoms with Crippen LogP contribution in [0, 0.1) is 11.8 Å². The Hall–Kier alpha value is -0.0900. The van der Waals surface area contributed by atoms with E-state index >= 15 is 0 Å². The van der Waals surface area contributed by atoms with Crippen LogP contribution in [0.3, 0.4) is 0 Å². The number of rotatable bonds is 2. The molecule has 2 saturated carbocycles. The summed E-state index contributed by atoms with van der Waals surface area (Å²) >= 11 is 0. The average Bonchev–Trinajstić information content (AvgIpc) is 2.48. The molecule has 0 unspecified atom stereocenters. The summed E-state index contributed by atoms with van der Waals surface area (Å²) < 4.78 is 23.0. The molecule has 20 heavy (non-hydrogen) atoms. The van der Waals surface area contributed by atoms with E-state index in [0.717, 1.165) is 24.9 Å². The second-order valence-corrected chi connectivity index (χ2v) is 9.46. The predicted octanol–water partition coefficient (Wildman–Crippen LogP) is 2.86. The maximum absolute atomic E-state index is 11.5. The Kier molecular flexibility index (Phi) is 4.71. The third-order valence-corrected chi connectivity index (χ3v) is 7.56. The van der Waals surface area contributed by atoms with Gasteiger partial charge in [-0.3, -0.25) is 4.90 Å². The molecule has 2 aliphatic carbocycles. The van der Waals surface area contributed by atoms with Crippen LogP contribution in [0.2, 0.25) is 0 Å². The van der Waals surface area contributed by atoms with Gasteiger partial charge in [-0.25, -0.2) is 8.42 Å². The van der Waals surface area contributed by atoms with Crippen molar-refractivity contribution in [1.29, 1.82) is 0 Å². The van der Waals surface area contributed by atoms with Crippen LogP contribution in [0.25, 0.3) is 0 Å². The Morgan fingerprint density at radius 3 is 1.85 bits per heavy atom. The van der Waals surface area contributed by atoms with E-state index in [1.54, 1.807) is 0 Å². The van der Waals surface area contributed by atoms with Gasteiger partial charge in [0.15, 0.2) is 9.84 Å². The Balaban J connectivity index is 1.46. The van der Waals surface area contributed by atoms with Gasteiger partial charge in [0.25, 0.3) is 0 Å². The first-order chi connectivity index (χ1) is 9.64. The van der Waals surface area contributed by atoms with Gasteiger partial charge in [-0.15, -0.1) is 0 Å². The second-order valence-electron chi connectivity index (χ2n) is 7.15. The van der Waals surface area contributed by atoms with Crippen molar-refractivity contribution in [3.05, 3.63) is 0 Å². The molecule has 0 amide bonds. The highest BCUT2D eigenvalue weighted by atomic mass is 32.2. The van der Waals surface area contributed by atoms with Crippen molar-refractivity contribution in [2.45, 2.75) is 63.8 Å². The minimum atomic E-state index is -2.72. The summed E-state index contributed by atoms with van der Waals surface area (Å²) in [4.78, 5) is 2.46. The lowest BCUT2D eigenvalue weighted by Gasteiger charge is -2.41. The van der Waals surface area contributed by atoms with Gasteiger partial charge in [-0.2, -0.15) is 0 Å². The summed E-state index contributed by atoms with van der Waals surface area (Å²) in [6.45, 7) is 1.56. The van der Waals surface area contributed by atoms with Crippen LogP contribution in [0.4, 0.5) is 0 Å². The molecule has 1 heterocycles. The van der Waals surface area contributed by atoms with Crippen molar-refractivity contribution < 1.29 is 8.42 Å². The molecule has 4 heteroatoms. The molecular weight excluding hydrogens is 270 g/mol. The van der Waals surface area contributed by atoms with Crippen LogP contribution in [0.1, 0.15) is 57.8 Å². The van der Waals surface area contributed by atoms with Crippen LogP contribution in [-0.2, 0) is 9.84 Å². The zero-order valence-corrected chi connectivity index (χ0v) is 13.4. The summed E-state index contributed by atoms with van der Waals surface area (Å²) in [6.07, 6.45) is 12.7. The van der Waals surface area contributed by atoms with Crippen molar-refractivity contribution in [3.8, 4) is 0 Å². The monoisotopic (exact) mass is 299 g/mol. The first kappa shape index (κ1) is 14.8. The molecule has 0 bridgehead atoms. The van der Waals surface area contributed by atoms with Gasteiger partial charge in [0.2, 0.25) is 0 Å². The van der Waals surface area contributed by atoms with E-state index in [0.29, 0.717) is 17.5 Å². The van der Waals surface area contributed by atoms with E-state index in [4.69, 9.17) is 0 Å². The molecular formula is C16H29NO2S. The fourth-order valence-corrected chi connectivity index (χ4v) is 5.86. The van der Waals surface area contributed by atoms with Crippen molar-refractivity contribution >= 4 is 9.84 Å². The molecule has 3 rings (SSSR count). The summed E-state index contributed by atoms with van der Waals surface area (Å²) in [5.41, 5.74) is 0. The van der Waals surface area contributed by atoms with E-state index in [2.05, 4.69) is 4.90 Å². The molecule has 3 fully saturated rings. The van der Waals surface area contributed by atoms with E-state index in [9.17, 15) is 8.42 Å². The SMILES string of the molecule is O=S1(=O)CCN(C2CCC(C3CCCCC3)CC2)CC1. The van der Waals surface area contributed by atoms with Crippen molar-refractivity contribution in [1.82, 2.24) is 4.90 Å². The Labute approximate surface area is 124 Å². The van der Waals surface area contributed by atoms with Gasteiger partial charge in [0, 0.05) is 19.1 Å². The second kappa shape index (κ2) is 6.35. The van der Waals surface area contributed by atoms with Crippen LogP contribution < -0.4 is 0 Å². The van der Waals surface area contributed by atoms with Crippen LogP contribution in [0.5, 0.6) is 0 Å². The number of hydrogen-bond donors (Lipinski definition) is 0. The Bertz CT molecular complexity index is 392. The summed E-state index contributed by atoms with van der Waals surface area (Å²) in [5, 5.41) is 0. The van der Waals surface area contributed by atoms with Gasteiger partial charge in [-0.1, -0.05) is 32.1 Å². The minimum absolute atomic E-state index is 0.384. The quantitative estimate of drug-likeness (QED) is 0.787. The number of nitrogens with zero attached hydrogens (tertiary/aromatic N) is 1. The van der Waals surface area contributed by atoms with E-state index in [1.807, 2.05) is 0 Å². The van der Waals surface area contributed by atoms with Gasteiger partial charge in [0.05, 0.1) is 11.5 Å². The maximum atomic E-state index is 11.5. The molecule has 3 nitrogen and oxygen atoms in total. The lowest BCUT2D eigenvalue weighted by atomic mass is 9.72. The van der Waals surface area contributed by atoms with Gasteiger partial charge >= 0.3 is 0 Å². The summed E-state index contributed by atoms with van der Waals surface area (Å²) in [6, 6.07) is 0.672. The lowest BCUT2D eigenvalue weighted by Crippen LogP contribution is -2.47. The smallest absolute Gasteiger partial charge is 0.152 e. The van der Waals surface area contributed by atoms with Gasteiger partial charge in [0.1, 0.15) is 0 Å². The standard InChI is InChI=1S/C16H29NO2S/c18-20(19)12-10-17(11-13-20)16-8-6-15(7-9-16)14-4-2-1-3-5-14/h14-16H,1-13H2. The summed E-state index contributed by atoms with van der Waals surface area (Å²) in [5.74, 6) is 2.75. The molecule has 0 atom stereocenters. The lowest BCUT2D eigenvalue weighted by molar-refractivity contribution is 0.112. The van der Waals surface area contributed by atoms with Crippen molar-refractivity contribution in [2.75, 3.05) is 24.6 Å². The van der Waals surface area contributed by atoms with E-state index in [1.165, 1.54) is 57.8 Å². The predicted molar refractivity (Wildman–Crippen MR) is 82.5 cm³/mol. The molecule has 0 aromatic carbocycles. The normalized spacial score (nSPS) is 36.8. The zero-order chi connectivity index (χ0) is 14.0. The first-order valence-electron chi connectivity index (χ1n) is 8.58. The molecule has 116 valence electrons. The minimum Gasteiger partial charge on any atom is -0.298 e. The van der Waals surface area contributed by atoms with Crippen molar-refractivity contribution in [3.63, 3.8) is 0 Å². The topological polar surface area (TPSA) is 37.4 Å². The third-order valence-electron chi connectivity index (χ3n) is 5.95. The average molecular weight is 299 g/mol. The van der Waals surface area contributed by atoms with E-state index in [-0.39, 0.29) is 0 Å². The molecule has 0 aromatic heterocycles. The number of sulfone groups is 1. The molecule has 1 saturated heterocycles. The fourth-order valence-electron chi connectivity index (χ4n) is 4.64. The van der Waals surface area contributed by atoms with Crippen LogP contribution in [-0.4, -0.2) is 44.0 Å². The molecule has 0 N–H and O–H groups in total. The highest BCUT2D eigenvalue weighted by molar-refractivity contribution is 7.91. The van der Waals surface area contributed by atoms with E-state index < -0.39 is 9.84 Å². The largest absolute Gasteiger partial charge is 0.298 e. The molecule has 1 aliphatic heterocycles. The van der Waals surface area contributed by atoms with Crippen molar-refractivity contribution in [2.24, 2.45) is 11.8 Å². The highest BCUT2D eigenvalue weighted by Gasteiger charge is 2.33. The molecule has 0 aromatic rings. The number of hydrogen-bond acceptors (Lipinski definition) is 3. The first-order valence-corrected chi connectivity index (χ1v) is 10.4. The van der Waals surface area contributed by atoms with Gasteiger partial charge in [-0.05, 0) is 37.5 Å². The summed E-state index contributed by atoms with van der Waals surface area (Å²) in [7, 11) is -2.72. The van der Waals surface area contributed by atoms with Crippen LogP contribution in [0.15, 0.2) is 0 Å².